The molecule has 0 radical (unpaired) electrons. The van der Waals surface area contributed by atoms with Gasteiger partial charge in [-0.15, -0.1) is 0 Å². The van der Waals surface area contributed by atoms with E-state index >= 15 is 0 Å². The Morgan fingerprint density at radius 2 is 1.69 bits per heavy atom. The van der Waals surface area contributed by atoms with Crippen molar-refractivity contribution in [2.45, 2.75) is 46.1 Å². The number of amides is 1. The number of benzene rings is 1. The van der Waals surface area contributed by atoms with Gasteiger partial charge in [-0.05, 0) is 76.4 Å². The zero-order valence-corrected chi connectivity index (χ0v) is 15.7. The lowest BCUT2D eigenvalue weighted by Crippen LogP contribution is -2.44. The fourth-order valence-electron chi connectivity index (χ4n) is 3.58. The van der Waals surface area contributed by atoms with Gasteiger partial charge in [-0.3, -0.25) is 4.79 Å². The lowest BCUT2D eigenvalue weighted by atomic mass is 10.0. The second kappa shape index (κ2) is 7.77. The molecule has 1 saturated heterocycles. The van der Waals surface area contributed by atoms with Crippen molar-refractivity contribution >= 4 is 11.9 Å². The topological polar surface area (TPSA) is 51.5 Å². The highest BCUT2D eigenvalue weighted by molar-refractivity contribution is 5.91. The van der Waals surface area contributed by atoms with Crippen LogP contribution in [0.4, 0.5) is 0 Å². The SMILES string of the molecule is Cc1ccc(C)n1-c1ccc(C(=O)OCC(=O)N2CCCCC2C)cc1. The Morgan fingerprint density at radius 3 is 2.31 bits per heavy atom. The van der Waals surface area contributed by atoms with Crippen LogP contribution >= 0.6 is 0 Å². The van der Waals surface area contributed by atoms with Crippen LogP contribution < -0.4 is 0 Å². The number of hydrogen-bond acceptors (Lipinski definition) is 3. The minimum atomic E-state index is -0.462. The maximum Gasteiger partial charge on any atom is 0.338 e. The summed E-state index contributed by atoms with van der Waals surface area (Å²) in [5.41, 5.74) is 3.73. The number of piperidine rings is 1. The van der Waals surface area contributed by atoms with Crippen molar-refractivity contribution in [3.63, 3.8) is 0 Å². The molecule has 3 rings (SSSR count). The first kappa shape index (κ1) is 18.2. The van der Waals surface area contributed by atoms with Gasteiger partial charge in [0, 0.05) is 29.7 Å². The number of esters is 1. The molecule has 138 valence electrons. The van der Waals surface area contributed by atoms with E-state index in [-0.39, 0.29) is 18.6 Å². The molecule has 1 aromatic carbocycles. The van der Waals surface area contributed by atoms with Crippen molar-refractivity contribution in [1.29, 1.82) is 0 Å². The Bertz CT molecular complexity index is 773. The number of likely N-dealkylation sites (tertiary alicyclic amines) is 1. The summed E-state index contributed by atoms with van der Waals surface area (Å²) in [5, 5.41) is 0. The molecule has 0 aliphatic carbocycles. The summed E-state index contributed by atoms with van der Waals surface area (Å²) in [7, 11) is 0. The summed E-state index contributed by atoms with van der Waals surface area (Å²) in [6.45, 7) is 6.69. The second-order valence-corrected chi connectivity index (χ2v) is 7.01. The maximum atomic E-state index is 12.3. The molecule has 1 aliphatic rings. The second-order valence-electron chi connectivity index (χ2n) is 7.01. The number of hydrogen-bond donors (Lipinski definition) is 0. The van der Waals surface area contributed by atoms with E-state index in [4.69, 9.17) is 4.74 Å². The van der Waals surface area contributed by atoms with Crippen LogP contribution in [0.5, 0.6) is 0 Å². The minimum absolute atomic E-state index is 0.110. The lowest BCUT2D eigenvalue weighted by molar-refractivity contribution is -0.137. The highest BCUT2D eigenvalue weighted by atomic mass is 16.5. The van der Waals surface area contributed by atoms with Crippen LogP contribution in [-0.4, -0.2) is 40.5 Å². The van der Waals surface area contributed by atoms with Crippen molar-refractivity contribution in [2.24, 2.45) is 0 Å². The zero-order valence-electron chi connectivity index (χ0n) is 15.7. The average Bonchev–Trinajstić information content (AvgIpc) is 2.98. The molecule has 2 heterocycles. The third kappa shape index (κ3) is 3.82. The molecule has 1 unspecified atom stereocenters. The molecule has 1 aliphatic heterocycles. The van der Waals surface area contributed by atoms with E-state index in [0.29, 0.717) is 5.56 Å². The van der Waals surface area contributed by atoms with Crippen LogP contribution in [0.1, 0.15) is 47.9 Å². The summed E-state index contributed by atoms with van der Waals surface area (Å²) in [4.78, 5) is 26.3. The maximum absolute atomic E-state index is 12.3. The van der Waals surface area contributed by atoms with Gasteiger partial charge < -0.3 is 14.2 Å². The number of aromatic nitrogens is 1. The van der Waals surface area contributed by atoms with Crippen molar-refractivity contribution in [2.75, 3.05) is 13.2 Å². The van der Waals surface area contributed by atoms with Crippen molar-refractivity contribution in [3.8, 4) is 5.69 Å². The Labute approximate surface area is 154 Å². The van der Waals surface area contributed by atoms with E-state index in [9.17, 15) is 9.59 Å². The quantitative estimate of drug-likeness (QED) is 0.788. The normalized spacial score (nSPS) is 17.2. The van der Waals surface area contributed by atoms with Gasteiger partial charge in [-0.2, -0.15) is 0 Å². The Hall–Kier alpha value is -2.56. The average molecular weight is 354 g/mol. The van der Waals surface area contributed by atoms with Gasteiger partial charge in [0.15, 0.2) is 6.61 Å². The van der Waals surface area contributed by atoms with E-state index in [1.54, 1.807) is 12.1 Å². The molecule has 26 heavy (non-hydrogen) atoms. The van der Waals surface area contributed by atoms with E-state index < -0.39 is 5.97 Å². The molecule has 1 atom stereocenters. The van der Waals surface area contributed by atoms with Gasteiger partial charge in [0.25, 0.3) is 5.91 Å². The van der Waals surface area contributed by atoms with Crippen molar-refractivity contribution in [1.82, 2.24) is 9.47 Å². The summed E-state index contributed by atoms with van der Waals surface area (Å²) in [6.07, 6.45) is 3.18. The molecule has 1 aromatic heterocycles. The molecular weight excluding hydrogens is 328 g/mol. The molecule has 0 saturated carbocycles. The Balaban J connectivity index is 1.61. The van der Waals surface area contributed by atoms with Crippen molar-refractivity contribution < 1.29 is 14.3 Å². The molecule has 1 amide bonds. The fourth-order valence-corrected chi connectivity index (χ4v) is 3.58. The minimum Gasteiger partial charge on any atom is -0.452 e. The standard InChI is InChI=1S/C21H26N2O3/c1-15-6-4-5-13-22(15)20(24)14-26-21(25)18-9-11-19(12-10-18)23-16(2)7-8-17(23)3/h7-12,15H,4-6,13-14H2,1-3H3. The van der Waals surface area contributed by atoms with Gasteiger partial charge in [0.2, 0.25) is 0 Å². The van der Waals surface area contributed by atoms with Gasteiger partial charge in [-0.25, -0.2) is 4.79 Å². The Kier molecular flexibility index (Phi) is 5.45. The molecule has 0 spiro atoms. The molecular formula is C21H26N2O3. The number of rotatable bonds is 4. The summed E-state index contributed by atoms with van der Waals surface area (Å²) in [5.74, 6) is -0.573. The molecule has 5 heteroatoms. The summed E-state index contributed by atoms with van der Waals surface area (Å²) >= 11 is 0. The first-order valence-electron chi connectivity index (χ1n) is 9.19. The number of aryl methyl sites for hydroxylation is 2. The lowest BCUT2D eigenvalue weighted by Gasteiger charge is -2.33. The van der Waals surface area contributed by atoms with Crippen LogP contribution in [0.3, 0.4) is 0 Å². The number of carbonyl (C=O) groups is 2. The highest BCUT2D eigenvalue weighted by Gasteiger charge is 2.24. The predicted octanol–water partition coefficient (Wildman–Crippen LogP) is 3.65. The van der Waals surface area contributed by atoms with Crippen LogP contribution in [0.15, 0.2) is 36.4 Å². The first-order chi connectivity index (χ1) is 12.5. The molecule has 0 bridgehead atoms. The van der Waals surface area contributed by atoms with Gasteiger partial charge in [0.1, 0.15) is 0 Å². The van der Waals surface area contributed by atoms with Crippen LogP contribution in [0, 0.1) is 13.8 Å². The van der Waals surface area contributed by atoms with Gasteiger partial charge in [-0.1, -0.05) is 0 Å². The van der Waals surface area contributed by atoms with E-state index in [1.165, 1.54) is 0 Å². The highest BCUT2D eigenvalue weighted by Crippen LogP contribution is 2.18. The zero-order chi connectivity index (χ0) is 18.7. The fraction of sp³-hybridized carbons (Fsp3) is 0.429. The third-order valence-corrected chi connectivity index (χ3v) is 5.08. The monoisotopic (exact) mass is 354 g/mol. The van der Waals surface area contributed by atoms with E-state index in [0.717, 1.165) is 42.9 Å². The summed E-state index contributed by atoms with van der Waals surface area (Å²) in [6, 6.07) is 11.6. The van der Waals surface area contributed by atoms with Gasteiger partial charge >= 0.3 is 5.97 Å². The third-order valence-electron chi connectivity index (χ3n) is 5.08. The van der Waals surface area contributed by atoms with Crippen molar-refractivity contribution in [3.05, 3.63) is 53.3 Å². The molecule has 2 aromatic rings. The van der Waals surface area contributed by atoms with E-state index in [1.807, 2.05) is 37.8 Å². The number of nitrogens with zero attached hydrogens (tertiary/aromatic N) is 2. The Morgan fingerprint density at radius 1 is 1.04 bits per heavy atom. The van der Waals surface area contributed by atoms with Crippen LogP contribution in [-0.2, 0) is 9.53 Å². The number of ether oxygens (including phenoxy) is 1. The molecule has 1 fully saturated rings. The van der Waals surface area contributed by atoms with Crippen LogP contribution in [0.2, 0.25) is 0 Å². The number of carbonyl (C=O) groups excluding carboxylic acids is 2. The van der Waals surface area contributed by atoms with Gasteiger partial charge in [0.05, 0.1) is 5.56 Å². The summed E-state index contributed by atoms with van der Waals surface area (Å²) < 4.78 is 7.35. The van der Waals surface area contributed by atoms with E-state index in [2.05, 4.69) is 16.7 Å². The molecule has 5 nitrogen and oxygen atoms in total. The smallest absolute Gasteiger partial charge is 0.338 e. The molecule has 0 N–H and O–H groups in total. The largest absolute Gasteiger partial charge is 0.452 e. The van der Waals surface area contributed by atoms with Crippen LogP contribution in [0.25, 0.3) is 5.69 Å². The predicted molar refractivity (Wildman–Crippen MR) is 101 cm³/mol. The first-order valence-corrected chi connectivity index (χ1v) is 9.19.